The molecule has 184 valence electrons. The molecule has 0 aliphatic rings. The van der Waals surface area contributed by atoms with Gasteiger partial charge in [0.05, 0.1) is 5.56 Å². The Morgan fingerprint density at radius 2 is 1.64 bits per heavy atom. The molecule has 0 spiro atoms. The Morgan fingerprint density at radius 1 is 0.917 bits per heavy atom. The molecular formula is C26H19F3N2O5. The Bertz CT molecular complexity index is 1510. The molecule has 0 aliphatic carbocycles. The van der Waals surface area contributed by atoms with Crippen molar-refractivity contribution in [3.8, 4) is 5.75 Å². The van der Waals surface area contributed by atoms with Crippen molar-refractivity contribution in [1.82, 2.24) is 0 Å². The highest BCUT2D eigenvalue weighted by Crippen LogP contribution is 2.30. The van der Waals surface area contributed by atoms with Crippen LogP contribution < -0.4 is 21.0 Å². The van der Waals surface area contributed by atoms with Gasteiger partial charge in [-0.3, -0.25) is 9.59 Å². The average Bonchev–Trinajstić information content (AvgIpc) is 2.82. The molecule has 0 saturated carbocycles. The molecule has 4 rings (SSSR count). The van der Waals surface area contributed by atoms with E-state index in [2.05, 4.69) is 10.6 Å². The highest BCUT2D eigenvalue weighted by atomic mass is 19.4. The Balaban J connectivity index is 1.38. The summed E-state index contributed by atoms with van der Waals surface area (Å²) in [7, 11) is 0. The predicted molar refractivity (Wildman–Crippen MR) is 127 cm³/mol. The number of benzene rings is 3. The summed E-state index contributed by atoms with van der Waals surface area (Å²) in [6.45, 7) is 1.42. The third-order valence-electron chi connectivity index (χ3n) is 5.15. The topological polar surface area (TPSA) is 97.6 Å². The van der Waals surface area contributed by atoms with Crippen LogP contribution in [0.5, 0.6) is 5.75 Å². The second kappa shape index (κ2) is 9.95. The summed E-state index contributed by atoms with van der Waals surface area (Å²) in [5.74, 6) is -0.841. The normalized spacial score (nSPS) is 11.2. The number of amides is 2. The Hall–Kier alpha value is -4.60. The van der Waals surface area contributed by atoms with Gasteiger partial charge in [-0.2, -0.15) is 13.2 Å². The van der Waals surface area contributed by atoms with Gasteiger partial charge >= 0.3 is 11.8 Å². The van der Waals surface area contributed by atoms with Crippen molar-refractivity contribution in [1.29, 1.82) is 0 Å². The number of carbonyl (C=O) groups excluding carboxylic acids is 2. The fourth-order valence-electron chi connectivity index (χ4n) is 3.46. The molecule has 2 N–H and O–H groups in total. The summed E-state index contributed by atoms with van der Waals surface area (Å²) in [5, 5.41) is 5.74. The molecule has 0 aliphatic heterocycles. The summed E-state index contributed by atoms with van der Waals surface area (Å²) >= 11 is 0. The predicted octanol–water partition coefficient (Wildman–Crippen LogP) is 5.39. The van der Waals surface area contributed by atoms with E-state index in [9.17, 15) is 27.6 Å². The number of aryl methyl sites for hydroxylation is 1. The van der Waals surface area contributed by atoms with Gasteiger partial charge in [0.2, 0.25) is 0 Å². The zero-order valence-corrected chi connectivity index (χ0v) is 18.8. The van der Waals surface area contributed by atoms with Crippen LogP contribution in [0, 0.1) is 6.92 Å². The van der Waals surface area contributed by atoms with Gasteiger partial charge in [0.25, 0.3) is 11.8 Å². The van der Waals surface area contributed by atoms with Gasteiger partial charge in [0.15, 0.2) is 6.61 Å². The zero-order chi connectivity index (χ0) is 25.9. The molecule has 7 nitrogen and oxygen atoms in total. The van der Waals surface area contributed by atoms with Crippen LogP contribution in [0.4, 0.5) is 24.5 Å². The first-order chi connectivity index (χ1) is 17.1. The molecule has 0 fully saturated rings. The van der Waals surface area contributed by atoms with Crippen molar-refractivity contribution in [2.45, 2.75) is 13.1 Å². The van der Waals surface area contributed by atoms with E-state index in [1.54, 1.807) is 25.1 Å². The van der Waals surface area contributed by atoms with Crippen LogP contribution in [0.1, 0.15) is 21.5 Å². The Kier molecular flexibility index (Phi) is 6.77. The van der Waals surface area contributed by atoms with E-state index in [-0.39, 0.29) is 17.9 Å². The van der Waals surface area contributed by atoms with Crippen molar-refractivity contribution in [2.24, 2.45) is 0 Å². The van der Waals surface area contributed by atoms with Crippen LogP contribution in [-0.4, -0.2) is 18.4 Å². The molecule has 10 heteroatoms. The molecule has 3 aromatic carbocycles. The van der Waals surface area contributed by atoms with E-state index in [4.69, 9.17) is 9.15 Å². The molecule has 0 bridgehead atoms. The van der Waals surface area contributed by atoms with Gasteiger partial charge in [-0.1, -0.05) is 12.1 Å². The highest BCUT2D eigenvalue weighted by molar-refractivity contribution is 6.05. The molecular weight excluding hydrogens is 477 g/mol. The lowest BCUT2D eigenvalue weighted by molar-refractivity contribution is -0.137. The second-order valence-corrected chi connectivity index (χ2v) is 7.86. The van der Waals surface area contributed by atoms with Crippen LogP contribution in [0.3, 0.4) is 0 Å². The smallest absolute Gasteiger partial charge is 0.416 e. The maximum absolute atomic E-state index is 12.9. The van der Waals surface area contributed by atoms with Crippen LogP contribution in [-0.2, 0) is 11.0 Å². The maximum Gasteiger partial charge on any atom is 0.416 e. The SMILES string of the molecule is Cc1cc(=O)oc2cc(OCC(=O)Nc3cccc(C(=O)Nc4cccc(C(F)(F)F)c4)c3)ccc12. The fraction of sp³-hybridized carbons (Fsp3) is 0.115. The number of alkyl halides is 3. The van der Waals surface area contributed by atoms with Crippen molar-refractivity contribution in [3.63, 3.8) is 0 Å². The Labute approximate surface area is 202 Å². The molecule has 0 saturated heterocycles. The number of carbonyl (C=O) groups is 2. The third kappa shape index (κ3) is 5.90. The van der Waals surface area contributed by atoms with Crippen LogP contribution >= 0.6 is 0 Å². The lowest BCUT2D eigenvalue weighted by atomic mass is 10.1. The molecule has 1 aromatic heterocycles. The van der Waals surface area contributed by atoms with Crippen molar-refractivity contribution < 1.29 is 31.9 Å². The van der Waals surface area contributed by atoms with E-state index in [1.807, 2.05) is 0 Å². The number of nitrogens with one attached hydrogen (secondary N) is 2. The minimum Gasteiger partial charge on any atom is -0.484 e. The van der Waals surface area contributed by atoms with E-state index >= 15 is 0 Å². The van der Waals surface area contributed by atoms with Gasteiger partial charge in [-0.25, -0.2) is 4.79 Å². The number of hydrogen-bond acceptors (Lipinski definition) is 5. The largest absolute Gasteiger partial charge is 0.484 e. The molecule has 2 amide bonds. The quantitative estimate of drug-likeness (QED) is 0.349. The van der Waals surface area contributed by atoms with Crippen molar-refractivity contribution in [2.75, 3.05) is 17.2 Å². The van der Waals surface area contributed by atoms with Crippen molar-refractivity contribution in [3.05, 3.63) is 99.9 Å². The average molecular weight is 496 g/mol. The van der Waals surface area contributed by atoms with Crippen LogP contribution in [0.25, 0.3) is 11.0 Å². The van der Waals surface area contributed by atoms with E-state index < -0.39 is 29.2 Å². The summed E-state index contributed by atoms with van der Waals surface area (Å²) in [5.41, 5.74) is 0.113. The van der Waals surface area contributed by atoms with E-state index in [0.717, 1.165) is 23.1 Å². The second-order valence-electron chi connectivity index (χ2n) is 7.86. The van der Waals surface area contributed by atoms with Crippen LogP contribution in [0.2, 0.25) is 0 Å². The summed E-state index contributed by atoms with van der Waals surface area (Å²) in [4.78, 5) is 36.4. The fourth-order valence-corrected chi connectivity index (χ4v) is 3.46. The first-order valence-electron chi connectivity index (χ1n) is 10.6. The molecule has 0 unspecified atom stereocenters. The monoisotopic (exact) mass is 496 g/mol. The lowest BCUT2D eigenvalue weighted by Gasteiger charge is -2.11. The lowest BCUT2D eigenvalue weighted by Crippen LogP contribution is -2.20. The standard InChI is InChI=1S/C26H19F3N2O5/c1-15-10-24(33)36-22-13-20(8-9-21(15)22)35-14-23(32)30-18-6-2-4-16(11-18)25(34)31-19-7-3-5-17(12-19)26(27,28)29/h2-13H,14H2,1H3,(H,30,32)(H,31,34). The third-order valence-corrected chi connectivity index (χ3v) is 5.15. The van der Waals surface area contributed by atoms with E-state index in [0.29, 0.717) is 17.0 Å². The maximum atomic E-state index is 12.9. The molecule has 0 radical (unpaired) electrons. The number of rotatable bonds is 6. The minimum atomic E-state index is -4.54. The number of anilines is 2. The van der Waals surface area contributed by atoms with E-state index in [1.165, 1.54) is 42.5 Å². The van der Waals surface area contributed by atoms with Crippen molar-refractivity contribution >= 4 is 34.2 Å². The van der Waals surface area contributed by atoms with Gasteiger partial charge in [0, 0.05) is 34.5 Å². The first kappa shape index (κ1) is 24.5. The number of halogens is 3. The number of ether oxygens (including phenoxy) is 1. The zero-order valence-electron chi connectivity index (χ0n) is 18.8. The van der Waals surface area contributed by atoms with Gasteiger partial charge in [-0.05, 0) is 61.0 Å². The summed E-state index contributed by atoms with van der Waals surface area (Å²) in [6.07, 6.45) is -4.54. The first-order valence-corrected chi connectivity index (χ1v) is 10.6. The van der Waals surface area contributed by atoms with Crippen LogP contribution in [0.15, 0.2) is 82.0 Å². The van der Waals surface area contributed by atoms with Gasteiger partial charge in [0.1, 0.15) is 11.3 Å². The summed E-state index contributed by atoms with van der Waals surface area (Å²) in [6, 6.07) is 16.4. The minimum absolute atomic E-state index is 0.0147. The molecule has 1 heterocycles. The van der Waals surface area contributed by atoms with Gasteiger partial charge in [-0.15, -0.1) is 0 Å². The number of hydrogen-bond donors (Lipinski definition) is 2. The Morgan fingerprint density at radius 3 is 2.39 bits per heavy atom. The molecule has 36 heavy (non-hydrogen) atoms. The molecule has 0 atom stereocenters. The highest BCUT2D eigenvalue weighted by Gasteiger charge is 2.30. The number of fused-ring (bicyclic) bond motifs is 1. The molecule has 4 aromatic rings. The summed E-state index contributed by atoms with van der Waals surface area (Å²) < 4.78 is 49.3. The van der Waals surface area contributed by atoms with Gasteiger partial charge < -0.3 is 19.8 Å².